The second-order valence-corrected chi connectivity index (χ2v) is 4.96. The van der Waals surface area contributed by atoms with E-state index in [2.05, 4.69) is 0 Å². The molecule has 15 heavy (non-hydrogen) atoms. The summed E-state index contributed by atoms with van der Waals surface area (Å²) in [7, 11) is 1.33. The van der Waals surface area contributed by atoms with Gasteiger partial charge in [-0.2, -0.15) is 0 Å². The van der Waals surface area contributed by atoms with Gasteiger partial charge in [0.25, 0.3) is 0 Å². The largest absolute Gasteiger partial charge is 0.550 e. The molecule has 2 atom stereocenters. The van der Waals surface area contributed by atoms with Crippen LogP contribution in [0.15, 0.2) is 0 Å². The van der Waals surface area contributed by atoms with E-state index in [4.69, 9.17) is 4.74 Å². The fourth-order valence-corrected chi connectivity index (χ4v) is 2.50. The first-order chi connectivity index (χ1) is 6.77. The summed E-state index contributed by atoms with van der Waals surface area (Å²) in [5.41, 5.74) is -1.36. The molecule has 0 heterocycles. The lowest BCUT2D eigenvalue weighted by Gasteiger charge is -2.39. The molecule has 0 N–H and O–H groups in total. The van der Waals surface area contributed by atoms with E-state index in [1.165, 1.54) is 7.11 Å². The van der Waals surface area contributed by atoms with Gasteiger partial charge in [-0.05, 0) is 25.2 Å². The second kappa shape index (κ2) is 3.51. The zero-order chi connectivity index (χ0) is 11.9. The first kappa shape index (κ1) is 12.0. The molecule has 4 heteroatoms. The maximum Gasteiger partial charge on any atom is 0.312 e. The highest BCUT2D eigenvalue weighted by Gasteiger charge is 2.56. The maximum atomic E-state index is 11.7. The number of esters is 1. The molecular formula is C11H17O4-. The number of methoxy groups -OCH3 is 1. The van der Waals surface area contributed by atoms with Gasteiger partial charge >= 0.3 is 5.97 Å². The molecule has 0 amide bonds. The van der Waals surface area contributed by atoms with Crippen molar-refractivity contribution >= 4 is 11.9 Å². The highest BCUT2D eigenvalue weighted by atomic mass is 16.5. The molecule has 1 aliphatic carbocycles. The van der Waals surface area contributed by atoms with Crippen molar-refractivity contribution in [1.29, 1.82) is 0 Å². The molecule has 1 rings (SSSR count). The van der Waals surface area contributed by atoms with Crippen molar-refractivity contribution in [2.75, 3.05) is 7.11 Å². The number of hydrogen-bond acceptors (Lipinski definition) is 4. The Kier molecular flexibility index (Phi) is 2.81. The number of carboxylic acid groups (broad SMARTS) is 1. The molecule has 0 unspecified atom stereocenters. The lowest BCUT2D eigenvalue weighted by Crippen LogP contribution is -2.46. The number of aliphatic carboxylic acids is 1. The van der Waals surface area contributed by atoms with Crippen molar-refractivity contribution in [3.63, 3.8) is 0 Å². The predicted octanol–water partition coefficient (Wildman–Crippen LogP) is 0.352. The zero-order valence-electron chi connectivity index (χ0n) is 9.62. The number of ether oxygens (including phenoxy) is 1. The average Bonchev–Trinajstić information content (AvgIpc) is 2.38. The van der Waals surface area contributed by atoms with Crippen LogP contribution in [0.1, 0.15) is 33.6 Å². The molecule has 0 aromatic rings. The predicted molar refractivity (Wildman–Crippen MR) is 51.6 cm³/mol. The Labute approximate surface area is 89.6 Å². The van der Waals surface area contributed by atoms with Gasteiger partial charge in [0.05, 0.1) is 12.5 Å². The monoisotopic (exact) mass is 213 g/mol. The number of carboxylic acids is 1. The molecule has 0 bridgehead atoms. The standard InChI is InChI=1S/C11H18O4/c1-10(2)7(8(12)13)5-6-11(10,3)9(14)15-4/h7H,5-6H2,1-4H3,(H,12,13)/p-1/t7-,11+/m0/s1. The molecular weight excluding hydrogens is 196 g/mol. The molecule has 1 fully saturated rings. The van der Waals surface area contributed by atoms with Gasteiger partial charge in [0, 0.05) is 11.9 Å². The summed E-state index contributed by atoms with van der Waals surface area (Å²) < 4.78 is 4.75. The van der Waals surface area contributed by atoms with Crippen molar-refractivity contribution in [2.45, 2.75) is 33.6 Å². The van der Waals surface area contributed by atoms with Gasteiger partial charge in [-0.15, -0.1) is 0 Å². The Bertz CT molecular complexity index is 295. The van der Waals surface area contributed by atoms with Gasteiger partial charge in [-0.3, -0.25) is 4.79 Å². The van der Waals surface area contributed by atoms with E-state index in [-0.39, 0.29) is 5.97 Å². The van der Waals surface area contributed by atoms with Crippen molar-refractivity contribution < 1.29 is 19.4 Å². The second-order valence-electron chi connectivity index (χ2n) is 4.96. The summed E-state index contributed by atoms with van der Waals surface area (Å²) in [5.74, 6) is -1.99. The van der Waals surface area contributed by atoms with Gasteiger partial charge < -0.3 is 14.6 Å². The van der Waals surface area contributed by atoms with E-state index in [9.17, 15) is 14.7 Å². The zero-order valence-corrected chi connectivity index (χ0v) is 9.62. The Hall–Kier alpha value is -1.06. The summed E-state index contributed by atoms with van der Waals surface area (Å²) in [6.45, 7) is 5.34. The molecule has 0 saturated heterocycles. The lowest BCUT2D eigenvalue weighted by molar-refractivity contribution is -0.315. The van der Waals surface area contributed by atoms with Crippen LogP contribution in [0.2, 0.25) is 0 Å². The minimum Gasteiger partial charge on any atom is -0.550 e. The van der Waals surface area contributed by atoms with Gasteiger partial charge in [0.1, 0.15) is 0 Å². The van der Waals surface area contributed by atoms with Crippen molar-refractivity contribution in [3.8, 4) is 0 Å². The fourth-order valence-electron chi connectivity index (χ4n) is 2.50. The Morgan fingerprint density at radius 3 is 2.20 bits per heavy atom. The first-order valence-corrected chi connectivity index (χ1v) is 5.06. The van der Waals surface area contributed by atoms with Crippen LogP contribution in [-0.2, 0) is 14.3 Å². The average molecular weight is 213 g/mol. The third-order valence-corrected chi connectivity index (χ3v) is 4.15. The molecule has 0 aliphatic heterocycles. The summed E-state index contributed by atoms with van der Waals surface area (Å²) in [6, 6.07) is 0. The number of carbonyl (C=O) groups excluding carboxylic acids is 2. The third kappa shape index (κ3) is 1.52. The third-order valence-electron chi connectivity index (χ3n) is 4.15. The molecule has 4 nitrogen and oxygen atoms in total. The van der Waals surface area contributed by atoms with E-state index in [1.807, 2.05) is 0 Å². The summed E-state index contributed by atoms with van der Waals surface area (Å²) in [6.07, 6.45) is 1.01. The summed E-state index contributed by atoms with van der Waals surface area (Å²) >= 11 is 0. The normalized spacial score (nSPS) is 33.7. The molecule has 0 aromatic carbocycles. The van der Waals surface area contributed by atoms with Crippen LogP contribution in [0.25, 0.3) is 0 Å². The molecule has 1 saturated carbocycles. The van der Waals surface area contributed by atoms with E-state index >= 15 is 0 Å². The fraction of sp³-hybridized carbons (Fsp3) is 0.818. The Morgan fingerprint density at radius 2 is 1.87 bits per heavy atom. The lowest BCUT2D eigenvalue weighted by atomic mass is 9.66. The highest BCUT2D eigenvalue weighted by Crippen LogP contribution is 2.56. The maximum absolute atomic E-state index is 11.7. The first-order valence-electron chi connectivity index (χ1n) is 5.06. The van der Waals surface area contributed by atoms with Gasteiger partial charge in [-0.1, -0.05) is 13.8 Å². The Morgan fingerprint density at radius 1 is 1.33 bits per heavy atom. The Balaban J connectivity index is 3.06. The topological polar surface area (TPSA) is 66.4 Å². The molecule has 0 radical (unpaired) electrons. The van der Waals surface area contributed by atoms with Crippen LogP contribution < -0.4 is 5.11 Å². The van der Waals surface area contributed by atoms with Crippen LogP contribution in [0.4, 0.5) is 0 Å². The molecule has 86 valence electrons. The minimum atomic E-state index is -1.08. The van der Waals surface area contributed by atoms with E-state index in [0.29, 0.717) is 12.8 Å². The highest BCUT2D eigenvalue weighted by molar-refractivity contribution is 5.80. The van der Waals surface area contributed by atoms with Gasteiger partial charge in [0.15, 0.2) is 0 Å². The van der Waals surface area contributed by atoms with E-state index < -0.39 is 22.7 Å². The van der Waals surface area contributed by atoms with Gasteiger partial charge in [-0.25, -0.2) is 0 Å². The van der Waals surface area contributed by atoms with Gasteiger partial charge in [0.2, 0.25) is 0 Å². The minimum absolute atomic E-state index is 0.337. The van der Waals surface area contributed by atoms with Crippen LogP contribution in [0.3, 0.4) is 0 Å². The number of rotatable bonds is 2. The van der Waals surface area contributed by atoms with Crippen molar-refractivity contribution in [1.82, 2.24) is 0 Å². The van der Waals surface area contributed by atoms with E-state index in [1.54, 1.807) is 20.8 Å². The quantitative estimate of drug-likeness (QED) is 0.621. The smallest absolute Gasteiger partial charge is 0.312 e. The van der Waals surface area contributed by atoms with Crippen molar-refractivity contribution in [2.24, 2.45) is 16.7 Å². The molecule has 0 aromatic heterocycles. The molecule has 1 aliphatic rings. The van der Waals surface area contributed by atoms with Crippen LogP contribution >= 0.6 is 0 Å². The summed E-state index contributed by atoms with van der Waals surface area (Å²) in [4.78, 5) is 22.6. The summed E-state index contributed by atoms with van der Waals surface area (Å²) in [5, 5.41) is 11.0. The molecule has 0 spiro atoms. The van der Waals surface area contributed by atoms with Crippen molar-refractivity contribution in [3.05, 3.63) is 0 Å². The van der Waals surface area contributed by atoms with Crippen LogP contribution in [-0.4, -0.2) is 19.0 Å². The van der Waals surface area contributed by atoms with Crippen LogP contribution in [0, 0.1) is 16.7 Å². The van der Waals surface area contributed by atoms with Crippen LogP contribution in [0.5, 0.6) is 0 Å². The SMILES string of the molecule is COC(=O)[C@@]1(C)CC[C@@H](C(=O)[O-])C1(C)C. The number of hydrogen-bond donors (Lipinski definition) is 0. The number of carbonyl (C=O) groups is 2. The van der Waals surface area contributed by atoms with E-state index in [0.717, 1.165) is 0 Å².